The maximum Gasteiger partial charge on any atom is 0.00698 e. The molecule has 2 atom stereocenters. The minimum atomic E-state index is 0.806. The van der Waals surface area contributed by atoms with E-state index in [4.69, 9.17) is 5.73 Å². The first-order valence-corrected chi connectivity index (χ1v) is 6.33. The lowest BCUT2D eigenvalue weighted by atomic mass is 9.83. The first-order chi connectivity index (χ1) is 6.90. The Hall–Kier alpha value is -0.0800. The van der Waals surface area contributed by atoms with Crippen LogP contribution in [0.25, 0.3) is 0 Å². The molecule has 0 saturated heterocycles. The standard InChI is InChI=1S/C12H24N2/c13-7-2-8-14-12-4-1-3-11(9-12)10-5-6-10/h10-12,14H,1-9,13H2. The van der Waals surface area contributed by atoms with Gasteiger partial charge in [0.2, 0.25) is 0 Å². The highest BCUT2D eigenvalue weighted by Gasteiger charge is 2.34. The number of nitrogens with two attached hydrogens (primary N) is 1. The van der Waals surface area contributed by atoms with Gasteiger partial charge < -0.3 is 11.1 Å². The Kier molecular flexibility index (Phi) is 3.82. The highest BCUT2D eigenvalue weighted by atomic mass is 14.9. The van der Waals surface area contributed by atoms with Crippen LogP contribution in [0.4, 0.5) is 0 Å². The van der Waals surface area contributed by atoms with E-state index < -0.39 is 0 Å². The van der Waals surface area contributed by atoms with Gasteiger partial charge in [0.05, 0.1) is 0 Å². The summed E-state index contributed by atoms with van der Waals surface area (Å²) < 4.78 is 0. The molecule has 2 aliphatic carbocycles. The van der Waals surface area contributed by atoms with Crippen molar-refractivity contribution in [3.63, 3.8) is 0 Å². The molecular formula is C12H24N2. The van der Waals surface area contributed by atoms with Crippen LogP contribution < -0.4 is 11.1 Å². The first-order valence-electron chi connectivity index (χ1n) is 6.33. The molecule has 0 spiro atoms. The Labute approximate surface area is 87.6 Å². The number of nitrogens with one attached hydrogen (secondary N) is 1. The maximum absolute atomic E-state index is 5.49. The van der Waals surface area contributed by atoms with Crippen LogP contribution in [-0.4, -0.2) is 19.1 Å². The molecule has 0 bridgehead atoms. The summed E-state index contributed by atoms with van der Waals surface area (Å²) in [7, 11) is 0. The van der Waals surface area contributed by atoms with Crippen LogP contribution in [0.5, 0.6) is 0 Å². The van der Waals surface area contributed by atoms with E-state index >= 15 is 0 Å². The van der Waals surface area contributed by atoms with E-state index in [0.29, 0.717) is 0 Å². The predicted octanol–water partition coefficient (Wildman–Crippen LogP) is 1.89. The van der Waals surface area contributed by atoms with Gasteiger partial charge in [0.1, 0.15) is 0 Å². The van der Waals surface area contributed by atoms with Gasteiger partial charge in [-0.1, -0.05) is 12.8 Å². The summed E-state index contributed by atoms with van der Waals surface area (Å²) in [4.78, 5) is 0. The van der Waals surface area contributed by atoms with Gasteiger partial charge in [-0.25, -0.2) is 0 Å². The van der Waals surface area contributed by atoms with Crippen LogP contribution in [-0.2, 0) is 0 Å². The molecule has 2 aliphatic rings. The molecule has 0 aromatic heterocycles. The van der Waals surface area contributed by atoms with Crippen molar-refractivity contribution >= 4 is 0 Å². The molecule has 2 saturated carbocycles. The highest BCUT2D eigenvalue weighted by Crippen LogP contribution is 2.43. The van der Waals surface area contributed by atoms with E-state index in [9.17, 15) is 0 Å². The molecule has 0 amide bonds. The van der Waals surface area contributed by atoms with Gasteiger partial charge in [0.15, 0.2) is 0 Å². The Bertz CT molecular complexity index is 166. The summed E-state index contributed by atoms with van der Waals surface area (Å²) >= 11 is 0. The van der Waals surface area contributed by atoms with Crippen LogP contribution in [0.1, 0.15) is 44.9 Å². The van der Waals surface area contributed by atoms with Crippen LogP contribution in [0.2, 0.25) is 0 Å². The molecule has 2 fully saturated rings. The van der Waals surface area contributed by atoms with Gasteiger partial charge in [-0.05, 0) is 57.0 Å². The van der Waals surface area contributed by atoms with Crippen LogP contribution in [0, 0.1) is 11.8 Å². The maximum atomic E-state index is 5.49. The summed E-state index contributed by atoms with van der Waals surface area (Å²) in [5.74, 6) is 2.16. The summed E-state index contributed by atoms with van der Waals surface area (Å²) in [6.45, 7) is 1.95. The molecule has 0 aromatic carbocycles. The lowest BCUT2D eigenvalue weighted by molar-refractivity contribution is 0.261. The number of hydrogen-bond acceptors (Lipinski definition) is 2. The number of hydrogen-bond donors (Lipinski definition) is 2. The average Bonchev–Trinajstić information content (AvgIpc) is 3.02. The third-order valence-electron chi connectivity index (χ3n) is 3.82. The fraction of sp³-hybridized carbons (Fsp3) is 1.00. The second-order valence-electron chi connectivity index (χ2n) is 5.06. The van der Waals surface area contributed by atoms with Crippen LogP contribution >= 0.6 is 0 Å². The Morgan fingerprint density at radius 2 is 1.93 bits per heavy atom. The summed E-state index contributed by atoms with van der Waals surface area (Å²) in [6.07, 6.45) is 9.94. The third kappa shape index (κ3) is 2.96. The van der Waals surface area contributed by atoms with Gasteiger partial charge in [0.25, 0.3) is 0 Å². The van der Waals surface area contributed by atoms with Gasteiger partial charge in [-0.15, -0.1) is 0 Å². The minimum Gasteiger partial charge on any atom is -0.330 e. The molecule has 0 aromatic rings. The lowest BCUT2D eigenvalue weighted by Gasteiger charge is -2.30. The molecule has 82 valence electrons. The van der Waals surface area contributed by atoms with E-state index in [1.807, 2.05) is 0 Å². The van der Waals surface area contributed by atoms with E-state index in [1.54, 1.807) is 0 Å². The molecule has 0 aliphatic heterocycles. The molecule has 2 nitrogen and oxygen atoms in total. The van der Waals surface area contributed by atoms with Crippen molar-refractivity contribution in [3.8, 4) is 0 Å². The van der Waals surface area contributed by atoms with Gasteiger partial charge in [-0.2, -0.15) is 0 Å². The fourth-order valence-electron chi connectivity index (χ4n) is 2.82. The van der Waals surface area contributed by atoms with Crippen LogP contribution in [0.15, 0.2) is 0 Å². The van der Waals surface area contributed by atoms with Crippen molar-refractivity contribution in [2.45, 2.75) is 51.0 Å². The lowest BCUT2D eigenvalue weighted by Crippen LogP contribution is -2.35. The van der Waals surface area contributed by atoms with Gasteiger partial charge in [-0.3, -0.25) is 0 Å². The number of rotatable bonds is 5. The second-order valence-corrected chi connectivity index (χ2v) is 5.06. The zero-order chi connectivity index (χ0) is 9.80. The summed E-state index contributed by atoms with van der Waals surface area (Å²) in [5, 5.41) is 3.66. The topological polar surface area (TPSA) is 38.0 Å². The Morgan fingerprint density at radius 3 is 2.64 bits per heavy atom. The normalized spacial score (nSPS) is 33.2. The quantitative estimate of drug-likeness (QED) is 0.659. The van der Waals surface area contributed by atoms with Crippen molar-refractivity contribution in [1.29, 1.82) is 0 Å². The van der Waals surface area contributed by atoms with Gasteiger partial charge >= 0.3 is 0 Å². The highest BCUT2D eigenvalue weighted by molar-refractivity contribution is 4.87. The van der Waals surface area contributed by atoms with Crippen molar-refractivity contribution in [2.75, 3.05) is 13.1 Å². The van der Waals surface area contributed by atoms with Crippen molar-refractivity contribution in [1.82, 2.24) is 5.32 Å². The molecule has 2 unspecified atom stereocenters. The zero-order valence-electron chi connectivity index (χ0n) is 9.17. The molecule has 0 heterocycles. The molecule has 0 radical (unpaired) electrons. The smallest absolute Gasteiger partial charge is 0.00698 e. The van der Waals surface area contributed by atoms with Gasteiger partial charge in [0, 0.05) is 6.04 Å². The largest absolute Gasteiger partial charge is 0.330 e. The summed E-state index contributed by atoms with van der Waals surface area (Å²) in [5.41, 5.74) is 5.49. The molecule has 2 rings (SSSR count). The Morgan fingerprint density at radius 1 is 1.07 bits per heavy atom. The summed E-state index contributed by atoms with van der Waals surface area (Å²) in [6, 6.07) is 0.806. The van der Waals surface area contributed by atoms with E-state index in [0.717, 1.165) is 37.4 Å². The van der Waals surface area contributed by atoms with Crippen molar-refractivity contribution < 1.29 is 0 Å². The van der Waals surface area contributed by atoms with Crippen molar-refractivity contribution in [2.24, 2.45) is 17.6 Å². The minimum absolute atomic E-state index is 0.806. The monoisotopic (exact) mass is 196 g/mol. The zero-order valence-corrected chi connectivity index (χ0v) is 9.17. The second kappa shape index (κ2) is 5.13. The van der Waals surface area contributed by atoms with Crippen LogP contribution in [0.3, 0.4) is 0 Å². The molecule has 3 N–H and O–H groups in total. The van der Waals surface area contributed by atoms with Crippen molar-refractivity contribution in [3.05, 3.63) is 0 Å². The SMILES string of the molecule is NCCCNC1CCCC(C2CC2)C1. The van der Waals surface area contributed by atoms with E-state index in [2.05, 4.69) is 5.32 Å². The van der Waals surface area contributed by atoms with E-state index in [-0.39, 0.29) is 0 Å². The third-order valence-corrected chi connectivity index (χ3v) is 3.82. The average molecular weight is 196 g/mol. The molecule has 14 heavy (non-hydrogen) atoms. The van der Waals surface area contributed by atoms with E-state index in [1.165, 1.54) is 38.5 Å². The molecular weight excluding hydrogens is 172 g/mol. The first kappa shape index (κ1) is 10.4. The molecule has 2 heteroatoms. The fourth-order valence-corrected chi connectivity index (χ4v) is 2.82. The predicted molar refractivity (Wildman–Crippen MR) is 60.1 cm³/mol. The Balaban J connectivity index is 1.65.